The molecule has 0 unspecified atom stereocenters. The van der Waals surface area contributed by atoms with Crippen LogP contribution in [0.1, 0.15) is 106 Å². The number of benzene rings is 7. The lowest BCUT2D eigenvalue weighted by molar-refractivity contribution is -0.123. The zero-order valence-electron chi connectivity index (χ0n) is 63.3. The normalized spacial score (nSPS) is 20.6. The second kappa shape index (κ2) is 33.9. The Hall–Kier alpha value is -14.1. The van der Waals surface area contributed by atoms with E-state index in [0.29, 0.717) is 79.8 Å². The number of carbonyl (C=O) groups is 9. The maximum atomic E-state index is 13.3. The largest absolute Gasteiger partial charge is 0.497 e. The van der Waals surface area contributed by atoms with E-state index < -0.39 is 58.2 Å². The van der Waals surface area contributed by atoms with E-state index in [2.05, 4.69) is 107 Å². The zero-order chi connectivity index (χ0) is 81.3. The van der Waals surface area contributed by atoms with Crippen molar-refractivity contribution in [2.45, 2.75) is 56.0 Å². The summed E-state index contributed by atoms with van der Waals surface area (Å²) in [4.78, 5) is 125. The minimum atomic E-state index is -1.65. The molecule has 8 aliphatic rings. The lowest BCUT2D eigenvalue weighted by Crippen LogP contribution is -2.54. The van der Waals surface area contributed by atoms with Gasteiger partial charge in [-0.2, -0.15) is 0 Å². The summed E-state index contributed by atoms with van der Waals surface area (Å²) >= 11 is 0. The molecule has 8 heterocycles. The fraction of sp³-hybridized carbons (Fsp3) is 0.286. The molecule has 0 aromatic heterocycles. The number of carbonyl (C=O) groups excluding carboxylic acids is 9. The van der Waals surface area contributed by atoms with E-state index in [0.717, 1.165) is 86.5 Å². The molecule has 7 aromatic carbocycles. The Bertz CT molecular complexity index is 5340. The van der Waals surface area contributed by atoms with Crippen LogP contribution in [-0.2, 0) is 34.0 Å². The first-order chi connectivity index (χ1) is 55.5. The Morgan fingerprint density at radius 3 is 1.14 bits per heavy atom. The summed E-state index contributed by atoms with van der Waals surface area (Å²) in [5, 5.41) is 53.8. The molecule has 7 aromatic rings. The molecule has 15 rings (SSSR count). The van der Waals surface area contributed by atoms with E-state index in [1.165, 1.54) is 60.3 Å². The summed E-state index contributed by atoms with van der Waals surface area (Å²) in [6.45, 7) is 8.78. The second-order valence-electron chi connectivity index (χ2n) is 28.3. The standard InChI is InChI=1S/C28H21FN4O5.C28H30N6O5.C28H29N5O5/c1-38-22-11-8-20-15-33(25(34)23(20)14-22)16-28(26(35)30-27(36)31-28)13-12-17-2-4-18(5-3-17)24(32-37)19-6-9-21(29)10-7-19;1-3-32-12-14-33(15-13-32)24(31-38)20-6-4-19(5-7-20)10-11-28(26(36)29-27(37)30-28)18-34-17-21-8-9-22(39-2)16-23(21)25(34)35;1-32-13-10-20(11-14-32)24(31-37)19-5-3-18(4-6-19)9-12-28(26(35)29-27(36)30-28)17-33-16-21-7-8-22(38-2)15-23(21)25(33)34/h2-11,14,37H,15-16H2,1H3,(H2,30,31,35,36);4-9,16,38H,3,12-15,17-18H2,1-2H3,(H2,29,30,36,37);3-8,15,20,37H,10-11,13-14,16-17H2,1-2H3,(H2,29,30,35,36)/t3*28-/m111/s1. The lowest BCUT2D eigenvalue weighted by atomic mass is 9.88. The van der Waals surface area contributed by atoms with Crippen LogP contribution in [0.4, 0.5) is 18.8 Å². The van der Waals surface area contributed by atoms with Gasteiger partial charge in [0.1, 0.15) is 28.8 Å². The number of amides is 12. The van der Waals surface area contributed by atoms with Gasteiger partial charge in [0.05, 0.1) is 46.7 Å². The Morgan fingerprint density at radius 1 is 0.461 bits per heavy atom. The molecule has 0 bridgehead atoms. The molecule has 588 valence electrons. The number of rotatable bonds is 15. The monoisotopic (exact) mass is 1560 g/mol. The molecule has 3 atom stereocenters. The quantitative estimate of drug-likeness (QED) is 0.0153. The number of halogens is 1. The van der Waals surface area contributed by atoms with Gasteiger partial charge in [0.2, 0.25) is 16.6 Å². The molecule has 31 heteroatoms. The fourth-order valence-electron chi connectivity index (χ4n) is 14.6. The third-order valence-corrected chi connectivity index (χ3v) is 21.1. The number of oxime groups is 3. The van der Waals surface area contributed by atoms with Gasteiger partial charge in [0.15, 0.2) is 5.84 Å². The summed E-state index contributed by atoms with van der Waals surface area (Å²) in [6, 6.07) is 40.2. The summed E-state index contributed by atoms with van der Waals surface area (Å²) in [7, 11) is 6.64. The summed E-state index contributed by atoms with van der Waals surface area (Å²) in [6.07, 6.45) is 1.83. The Kier molecular flexibility index (Phi) is 23.3. The van der Waals surface area contributed by atoms with Crippen molar-refractivity contribution in [3.63, 3.8) is 0 Å². The number of piperazine rings is 1. The van der Waals surface area contributed by atoms with Crippen LogP contribution in [0.25, 0.3) is 0 Å². The Morgan fingerprint density at radius 2 is 0.817 bits per heavy atom. The third kappa shape index (κ3) is 17.1. The fourth-order valence-corrected chi connectivity index (χ4v) is 14.6. The van der Waals surface area contributed by atoms with Crippen molar-refractivity contribution >= 4 is 70.8 Å². The molecule has 30 nitrogen and oxygen atoms in total. The van der Waals surface area contributed by atoms with Crippen LogP contribution in [0.3, 0.4) is 0 Å². The van der Waals surface area contributed by atoms with E-state index in [-0.39, 0.29) is 62.1 Å². The maximum absolute atomic E-state index is 13.3. The molecular weight excluding hydrogens is 1480 g/mol. The zero-order valence-corrected chi connectivity index (χ0v) is 63.3. The van der Waals surface area contributed by atoms with E-state index >= 15 is 0 Å². The molecule has 8 aliphatic heterocycles. The Labute approximate surface area is 660 Å². The number of urea groups is 3. The molecular formula is C84H80FN15O15. The topological polar surface area (TPSA) is 371 Å². The van der Waals surface area contributed by atoms with Crippen LogP contribution in [0, 0.1) is 47.3 Å². The number of likely N-dealkylation sites (tertiary alicyclic amines) is 1. The molecule has 0 saturated carbocycles. The summed E-state index contributed by atoms with van der Waals surface area (Å²) in [5.41, 5.74) is 4.26. The average molecular weight is 1560 g/mol. The highest BCUT2D eigenvalue weighted by Crippen LogP contribution is 2.33. The second-order valence-corrected chi connectivity index (χ2v) is 28.3. The van der Waals surface area contributed by atoms with Gasteiger partial charge in [0, 0.05) is 102 Å². The smallest absolute Gasteiger partial charge is 0.323 e. The Balaban J connectivity index is 0.000000150. The van der Waals surface area contributed by atoms with Crippen molar-refractivity contribution in [2.75, 3.05) is 93.8 Å². The van der Waals surface area contributed by atoms with Crippen molar-refractivity contribution in [1.29, 1.82) is 0 Å². The van der Waals surface area contributed by atoms with Gasteiger partial charge in [-0.05, 0) is 171 Å². The van der Waals surface area contributed by atoms with Crippen LogP contribution >= 0.6 is 0 Å². The number of amidine groups is 1. The van der Waals surface area contributed by atoms with Crippen molar-refractivity contribution in [3.05, 3.63) is 230 Å². The van der Waals surface area contributed by atoms with Gasteiger partial charge in [-0.1, -0.05) is 100 Å². The highest BCUT2D eigenvalue weighted by atomic mass is 19.1. The molecule has 0 aliphatic carbocycles. The van der Waals surface area contributed by atoms with Crippen molar-refractivity contribution in [1.82, 2.24) is 61.3 Å². The average Bonchev–Trinajstić information content (AvgIpc) is 1.63. The molecule has 9 N–H and O–H groups in total. The molecule has 0 spiro atoms. The highest BCUT2D eigenvalue weighted by Gasteiger charge is 2.51. The lowest BCUT2D eigenvalue weighted by Gasteiger charge is -2.35. The number of hydrogen-bond donors (Lipinski definition) is 9. The van der Waals surface area contributed by atoms with Gasteiger partial charge < -0.3 is 75.2 Å². The number of hydrogen-bond acceptors (Lipinski definition) is 20. The first-order valence-corrected chi connectivity index (χ1v) is 36.8. The van der Waals surface area contributed by atoms with E-state index in [1.807, 2.05) is 29.2 Å². The third-order valence-electron chi connectivity index (χ3n) is 21.1. The highest BCUT2D eigenvalue weighted by molar-refractivity contribution is 6.14. The summed E-state index contributed by atoms with van der Waals surface area (Å²) in [5.74, 6) is 16.8. The molecule has 5 fully saturated rings. The van der Waals surface area contributed by atoms with Crippen LogP contribution < -0.4 is 46.1 Å². The minimum Gasteiger partial charge on any atom is -0.497 e. The number of imide groups is 3. The maximum Gasteiger partial charge on any atom is 0.323 e. The predicted molar refractivity (Wildman–Crippen MR) is 416 cm³/mol. The molecule has 12 amide bonds. The van der Waals surface area contributed by atoms with E-state index in [4.69, 9.17) is 14.2 Å². The number of methoxy groups -OCH3 is 3. The van der Waals surface area contributed by atoms with Crippen LogP contribution in [0.5, 0.6) is 17.2 Å². The van der Waals surface area contributed by atoms with E-state index in [1.54, 1.807) is 103 Å². The first-order valence-electron chi connectivity index (χ1n) is 36.8. The van der Waals surface area contributed by atoms with Gasteiger partial charge in [-0.15, -0.1) is 0 Å². The number of ether oxygens (including phenoxy) is 3. The van der Waals surface area contributed by atoms with Crippen LogP contribution in [0.15, 0.2) is 167 Å². The van der Waals surface area contributed by atoms with Gasteiger partial charge >= 0.3 is 18.1 Å². The van der Waals surface area contributed by atoms with Gasteiger partial charge in [-0.3, -0.25) is 44.7 Å². The molecule has 0 radical (unpaired) electrons. The van der Waals surface area contributed by atoms with Crippen molar-refractivity contribution < 1.29 is 77.4 Å². The molecule has 5 saturated heterocycles. The predicted octanol–water partition coefficient (Wildman–Crippen LogP) is 5.50. The van der Waals surface area contributed by atoms with Crippen molar-refractivity contribution in [2.24, 2.45) is 21.4 Å². The number of fused-ring (bicyclic) bond motifs is 3. The number of piperidine rings is 1. The number of likely N-dealkylation sites (N-methyl/N-ethyl adjacent to an activating group) is 1. The first kappa shape index (κ1) is 79.0. The van der Waals surface area contributed by atoms with Gasteiger partial charge in [0.25, 0.3) is 35.4 Å². The van der Waals surface area contributed by atoms with E-state index in [9.17, 15) is 63.2 Å². The van der Waals surface area contributed by atoms with Crippen molar-refractivity contribution in [3.8, 4) is 52.8 Å². The summed E-state index contributed by atoms with van der Waals surface area (Å²) < 4.78 is 28.9. The van der Waals surface area contributed by atoms with Crippen LogP contribution in [0.2, 0.25) is 0 Å². The minimum absolute atomic E-state index is 0.108. The number of nitrogens with zero attached hydrogens (tertiary/aromatic N) is 9. The number of nitrogens with one attached hydrogen (secondary N) is 6. The van der Waals surface area contributed by atoms with Gasteiger partial charge in [-0.25, -0.2) is 18.8 Å². The van der Waals surface area contributed by atoms with Crippen LogP contribution in [-0.4, -0.2) is 226 Å². The SMILES string of the molecule is CCN1CCN(C(=NO)c2ccc(C#C[C@]3(CN4Cc5ccc(OC)cc5C4=O)NC(=O)NC3=O)cc2)CC1.COc1ccc2c(c1)C(=O)N(C[C@@]1(C#Cc3ccc(C(=NO)C4CCN(C)CC4)cc3)NC(=O)NC1=O)C2.COc1ccc2c(c1)C(=O)N(C[C@@]1(C#Cc3ccc(C(=NO)c4ccc(F)cc4)cc3)NC(=O)NC1=O)C2. The molecule has 115 heavy (non-hydrogen) atoms.